The summed E-state index contributed by atoms with van der Waals surface area (Å²) < 4.78 is 0. The van der Waals surface area contributed by atoms with E-state index in [1.54, 1.807) is 17.8 Å². The fraction of sp³-hybridized carbons (Fsp3) is 0.286. The van der Waals surface area contributed by atoms with Crippen LogP contribution in [-0.4, -0.2) is 52.5 Å². The van der Waals surface area contributed by atoms with Crippen LogP contribution in [0.5, 0.6) is 0 Å². The molecule has 1 amide bonds. The van der Waals surface area contributed by atoms with E-state index < -0.39 is 0 Å². The van der Waals surface area contributed by atoms with Crippen LogP contribution in [-0.2, 0) is 11.3 Å². The topological polar surface area (TPSA) is 82.5 Å². The minimum atomic E-state index is -0.257. The van der Waals surface area contributed by atoms with Crippen LogP contribution in [0.25, 0.3) is 20.9 Å². The average Bonchev–Trinajstić information content (AvgIpc) is 3.32. The molecule has 0 unspecified atom stereocenters. The maximum absolute atomic E-state index is 12.9. The number of piperazine rings is 1. The zero-order valence-electron chi connectivity index (χ0n) is 21.2. The number of nitrogens with zero attached hydrogens (tertiary/aromatic N) is 4. The first-order valence-corrected chi connectivity index (χ1v) is 14.0. The van der Waals surface area contributed by atoms with Gasteiger partial charge in [-0.2, -0.15) is 0 Å². The highest BCUT2D eigenvalue weighted by atomic mass is 32.2. The van der Waals surface area contributed by atoms with Crippen LogP contribution < -0.4 is 10.6 Å². The molecule has 0 atom stereocenters. The van der Waals surface area contributed by atoms with Crippen LogP contribution in [0.4, 0.5) is 5.69 Å². The van der Waals surface area contributed by atoms with Gasteiger partial charge in [0.2, 0.25) is 0 Å². The van der Waals surface area contributed by atoms with Gasteiger partial charge >= 0.3 is 0 Å². The third-order valence-corrected chi connectivity index (χ3v) is 7.45. The Morgan fingerprint density at radius 1 is 1.32 bits per heavy atom. The van der Waals surface area contributed by atoms with Crippen molar-refractivity contribution < 1.29 is 4.79 Å². The fourth-order valence-electron chi connectivity index (χ4n) is 3.84. The predicted octanol–water partition coefficient (Wildman–Crippen LogP) is 5.85. The van der Waals surface area contributed by atoms with Crippen LogP contribution in [0.3, 0.4) is 0 Å². The number of hydrogen-bond acceptors (Lipinski definition) is 8. The van der Waals surface area contributed by atoms with Crippen LogP contribution in [0.1, 0.15) is 25.8 Å². The summed E-state index contributed by atoms with van der Waals surface area (Å²) in [6.07, 6.45) is 8.40. The SMILES string of the molecule is C=C(/C=C(\C)SC=N/C=C/CC)C(=O)Nc1ccccc1-c1nc2cc(CN3CCNCC3)cnc2s1. The van der Waals surface area contributed by atoms with Crippen LogP contribution in [0.2, 0.25) is 0 Å². The highest BCUT2D eigenvalue weighted by molar-refractivity contribution is 8.15. The number of carbonyl (C=O) groups excluding carboxylic acids is 1. The molecule has 3 heterocycles. The summed E-state index contributed by atoms with van der Waals surface area (Å²) in [5, 5.41) is 7.21. The molecule has 192 valence electrons. The van der Waals surface area contributed by atoms with E-state index >= 15 is 0 Å². The van der Waals surface area contributed by atoms with Crippen molar-refractivity contribution in [2.75, 3.05) is 31.5 Å². The number of allylic oxidation sites excluding steroid dienone is 2. The van der Waals surface area contributed by atoms with Crippen molar-refractivity contribution in [1.29, 1.82) is 0 Å². The molecule has 1 aliphatic heterocycles. The summed E-state index contributed by atoms with van der Waals surface area (Å²) >= 11 is 2.97. The molecule has 0 aliphatic carbocycles. The Morgan fingerprint density at radius 2 is 2.14 bits per heavy atom. The number of fused-ring (bicyclic) bond motifs is 1. The Kier molecular flexibility index (Phi) is 9.78. The summed E-state index contributed by atoms with van der Waals surface area (Å²) in [6, 6.07) is 9.82. The summed E-state index contributed by atoms with van der Waals surface area (Å²) in [6.45, 7) is 12.9. The van der Waals surface area contributed by atoms with Gasteiger partial charge in [-0.05, 0) is 48.1 Å². The fourth-order valence-corrected chi connectivity index (χ4v) is 5.27. The van der Waals surface area contributed by atoms with Crippen molar-refractivity contribution >= 4 is 50.6 Å². The molecular formula is C28H32N6OS2. The highest BCUT2D eigenvalue weighted by Gasteiger charge is 2.15. The number of para-hydroxylation sites is 1. The lowest BCUT2D eigenvalue weighted by Crippen LogP contribution is -2.42. The van der Waals surface area contributed by atoms with E-state index in [2.05, 4.69) is 45.1 Å². The minimum absolute atomic E-state index is 0.257. The number of benzene rings is 1. The Hall–Kier alpha value is -3.11. The molecule has 0 spiro atoms. The van der Waals surface area contributed by atoms with Gasteiger partial charge in [0.1, 0.15) is 15.4 Å². The standard InChI is InChI=1S/C28H32N6OS2/c1-4-5-10-30-19-36-21(3)15-20(2)26(35)32-24-9-7-6-8-23(24)27-33-25-16-22(17-31-28(25)37-27)18-34-13-11-29-12-14-34/h5-10,15-17,19,29H,2,4,11-14,18H2,1,3H3,(H,32,35)/b10-5+,21-15+,30-19?. The maximum atomic E-state index is 12.9. The number of amides is 1. The monoisotopic (exact) mass is 532 g/mol. The van der Waals surface area contributed by atoms with E-state index in [4.69, 9.17) is 4.98 Å². The number of aliphatic imine (C=N–C) groups is 1. The highest BCUT2D eigenvalue weighted by Crippen LogP contribution is 2.34. The van der Waals surface area contributed by atoms with Gasteiger partial charge in [-0.3, -0.25) is 14.7 Å². The molecule has 9 heteroatoms. The number of thioether (sulfide) groups is 1. The van der Waals surface area contributed by atoms with E-state index in [1.165, 1.54) is 23.1 Å². The molecule has 2 N–H and O–H groups in total. The van der Waals surface area contributed by atoms with Gasteiger partial charge < -0.3 is 10.6 Å². The third kappa shape index (κ3) is 7.69. The summed E-state index contributed by atoms with van der Waals surface area (Å²) in [5.41, 5.74) is 5.72. The Bertz CT molecular complexity index is 1340. The van der Waals surface area contributed by atoms with Crippen molar-refractivity contribution in [3.05, 3.63) is 77.5 Å². The normalized spacial score (nSPS) is 15.1. The van der Waals surface area contributed by atoms with Crippen LogP contribution >= 0.6 is 23.1 Å². The molecule has 1 aliphatic rings. The summed E-state index contributed by atoms with van der Waals surface area (Å²) in [7, 11) is 0. The molecule has 37 heavy (non-hydrogen) atoms. The minimum Gasteiger partial charge on any atom is -0.321 e. The summed E-state index contributed by atoms with van der Waals surface area (Å²) in [4.78, 5) is 30.9. The molecule has 7 nitrogen and oxygen atoms in total. The number of carbonyl (C=O) groups is 1. The first-order chi connectivity index (χ1) is 18.0. The lowest BCUT2D eigenvalue weighted by atomic mass is 10.1. The molecule has 1 fully saturated rings. The Morgan fingerprint density at radius 3 is 2.95 bits per heavy atom. The maximum Gasteiger partial charge on any atom is 0.255 e. The van der Waals surface area contributed by atoms with Crippen molar-refractivity contribution in [3.63, 3.8) is 0 Å². The number of pyridine rings is 1. The van der Waals surface area contributed by atoms with Gasteiger partial charge in [0.15, 0.2) is 0 Å². The van der Waals surface area contributed by atoms with Gasteiger partial charge in [-0.15, -0.1) is 0 Å². The number of nitrogens with one attached hydrogen (secondary N) is 2. The van der Waals surface area contributed by atoms with Crippen molar-refractivity contribution in [3.8, 4) is 10.6 Å². The molecular weight excluding hydrogens is 500 g/mol. The van der Waals surface area contributed by atoms with Crippen LogP contribution in [0, 0.1) is 0 Å². The second kappa shape index (κ2) is 13.4. The van der Waals surface area contributed by atoms with E-state index in [1.807, 2.05) is 43.5 Å². The molecule has 1 aromatic carbocycles. The largest absolute Gasteiger partial charge is 0.321 e. The van der Waals surface area contributed by atoms with Crippen molar-refractivity contribution in [2.24, 2.45) is 4.99 Å². The zero-order valence-corrected chi connectivity index (χ0v) is 22.9. The predicted molar refractivity (Wildman–Crippen MR) is 158 cm³/mol. The van der Waals surface area contributed by atoms with Gasteiger partial charge in [0.05, 0.1) is 11.2 Å². The van der Waals surface area contributed by atoms with Gasteiger partial charge in [0.25, 0.3) is 5.91 Å². The molecule has 3 aromatic rings. The number of anilines is 1. The Labute approximate surface area is 226 Å². The lowest BCUT2D eigenvalue weighted by Gasteiger charge is -2.26. The van der Waals surface area contributed by atoms with Gasteiger partial charge in [-0.25, -0.2) is 9.97 Å². The quantitative estimate of drug-likeness (QED) is 0.148. The third-order valence-electron chi connectivity index (χ3n) is 5.72. The number of rotatable bonds is 10. The van der Waals surface area contributed by atoms with E-state index in [0.29, 0.717) is 11.3 Å². The lowest BCUT2D eigenvalue weighted by molar-refractivity contribution is -0.112. The van der Waals surface area contributed by atoms with Crippen molar-refractivity contribution in [2.45, 2.75) is 26.8 Å². The summed E-state index contributed by atoms with van der Waals surface area (Å²) in [5.74, 6) is -0.257. The van der Waals surface area contributed by atoms with Crippen molar-refractivity contribution in [1.82, 2.24) is 20.2 Å². The zero-order chi connectivity index (χ0) is 26.0. The van der Waals surface area contributed by atoms with Gasteiger partial charge in [0, 0.05) is 56.3 Å². The molecule has 0 bridgehead atoms. The average molecular weight is 533 g/mol. The second-order valence-electron chi connectivity index (χ2n) is 8.66. The second-order valence-corrected chi connectivity index (χ2v) is 10.7. The number of thiazole rings is 1. The van der Waals surface area contributed by atoms with E-state index in [9.17, 15) is 4.79 Å². The Balaban J connectivity index is 1.46. The van der Waals surface area contributed by atoms with Crippen LogP contribution in [0.15, 0.2) is 76.9 Å². The van der Waals surface area contributed by atoms with E-state index in [0.717, 1.165) is 70.5 Å². The smallest absolute Gasteiger partial charge is 0.255 e. The number of aromatic nitrogens is 2. The first kappa shape index (κ1) is 26.9. The van der Waals surface area contributed by atoms with E-state index in [-0.39, 0.29) is 5.91 Å². The first-order valence-electron chi connectivity index (χ1n) is 12.3. The van der Waals surface area contributed by atoms with Gasteiger partial charge in [-0.1, -0.05) is 54.8 Å². The molecule has 4 rings (SSSR count). The molecule has 0 saturated carbocycles. The molecule has 1 saturated heterocycles. The molecule has 2 aromatic heterocycles. The number of hydrogen-bond donors (Lipinski definition) is 2. The molecule has 0 radical (unpaired) electrons.